The molecule has 17 heavy (non-hydrogen) atoms. The fourth-order valence-electron chi connectivity index (χ4n) is 2.27. The summed E-state index contributed by atoms with van der Waals surface area (Å²) in [5, 5.41) is 3.20. The Labute approximate surface area is 110 Å². The Morgan fingerprint density at radius 2 is 1.88 bits per heavy atom. The zero-order valence-electron chi connectivity index (χ0n) is 9.40. The van der Waals surface area contributed by atoms with Gasteiger partial charge in [-0.1, -0.05) is 31.0 Å². The molecule has 1 heterocycles. The smallest absolute Gasteiger partial charge is 0.218 e. The Kier molecular flexibility index (Phi) is 3.21. The number of para-hydroxylation sites is 1. The van der Waals surface area contributed by atoms with Crippen LogP contribution in [0.5, 0.6) is 0 Å². The van der Waals surface area contributed by atoms with Gasteiger partial charge in [-0.2, -0.15) is 0 Å². The predicted octanol–water partition coefficient (Wildman–Crippen LogP) is 4.32. The summed E-state index contributed by atoms with van der Waals surface area (Å²) in [6, 6.07) is 8.07. The number of halogens is 1. The van der Waals surface area contributed by atoms with E-state index in [0.717, 1.165) is 15.9 Å². The normalized spacial score (nSPS) is 16.8. The topological polar surface area (TPSA) is 25.8 Å². The monoisotopic (exact) mass is 264 g/mol. The Bertz CT molecular complexity index is 538. The number of rotatable bonds is 2. The summed E-state index contributed by atoms with van der Waals surface area (Å²) in [4.78, 5) is 8.63. The second-order valence-electron chi connectivity index (χ2n) is 4.34. The van der Waals surface area contributed by atoms with Crippen molar-refractivity contribution >= 4 is 34.3 Å². The summed E-state index contributed by atoms with van der Waals surface area (Å²) in [7, 11) is 0. The third kappa shape index (κ3) is 2.40. The number of hydrogen-bond donors (Lipinski definition) is 0. The van der Waals surface area contributed by atoms with Crippen molar-refractivity contribution in [1.82, 2.24) is 9.97 Å². The minimum Gasteiger partial charge on any atom is -0.218 e. The molecule has 0 aliphatic heterocycles. The van der Waals surface area contributed by atoms with Gasteiger partial charge < -0.3 is 0 Å². The molecule has 0 saturated heterocycles. The number of hydrogen-bond acceptors (Lipinski definition) is 3. The predicted molar refractivity (Wildman–Crippen MR) is 72.7 cm³/mol. The molecule has 0 amide bonds. The van der Waals surface area contributed by atoms with Gasteiger partial charge in [0, 0.05) is 10.6 Å². The van der Waals surface area contributed by atoms with Crippen LogP contribution in [-0.4, -0.2) is 15.2 Å². The van der Waals surface area contributed by atoms with E-state index in [2.05, 4.69) is 16.0 Å². The van der Waals surface area contributed by atoms with Gasteiger partial charge in [-0.25, -0.2) is 9.97 Å². The molecule has 0 bridgehead atoms. The first kappa shape index (κ1) is 11.3. The van der Waals surface area contributed by atoms with Crippen LogP contribution in [0.4, 0.5) is 0 Å². The third-order valence-corrected chi connectivity index (χ3v) is 4.63. The van der Waals surface area contributed by atoms with Gasteiger partial charge in [-0.15, -0.1) is 11.8 Å². The van der Waals surface area contributed by atoms with E-state index < -0.39 is 0 Å². The first-order chi connectivity index (χ1) is 8.33. The van der Waals surface area contributed by atoms with Crippen molar-refractivity contribution in [3.63, 3.8) is 0 Å². The van der Waals surface area contributed by atoms with Gasteiger partial charge in [-0.3, -0.25) is 0 Å². The molecule has 1 fully saturated rings. The number of thioether (sulfide) groups is 1. The molecule has 2 nitrogen and oxygen atoms in total. The van der Waals surface area contributed by atoms with E-state index in [0.29, 0.717) is 10.5 Å². The van der Waals surface area contributed by atoms with E-state index in [4.69, 9.17) is 11.6 Å². The Morgan fingerprint density at radius 1 is 1.12 bits per heavy atom. The summed E-state index contributed by atoms with van der Waals surface area (Å²) < 4.78 is 0. The van der Waals surface area contributed by atoms with Gasteiger partial charge in [0.2, 0.25) is 5.28 Å². The number of benzene rings is 1. The van der Waals surface area contributed by atoms with Gasteiger partial charge >= 0.3 is 0 Å². The molecule has 0 atom stereocenters. The average Bonchev–Trinajstić information content (AvgIpc) is 2.81. The minimum absolute atomic E-state index is 0.351. The maximum atomic E-state index is 5.97. The number of fused-ring (bicyclic) bond motifs is 1. The molecule has 0 unspecified atom stereocenters. The van der Waals surface area contributed by atoms with Crippen LogP contribution in [0.25, 0.3) is 10.9 Å². The largest absolute Gasteiger partial charge is 0.224 e. The number of nitrogens with zero attached hydrogens (tertiary/aromatic N) is 2. The van der Waals surface area contributed by atoms with E-state index in [1.165, 1.54) is 25.7 Å². The zero-order valence-corrected chi connectivity index (χ0v) is 11.0. The number of aromatic nitrogens is 2. The highest BCUT2D eigenvalue weighted by Crippen LogP contribution is 2.36. The molecule has 1 aromatic carbocycles. The van der Waals surface area contributed by atoms with E-state index in [-0.39, 0.29) is 0 Å². The van der Waals surface area contributed by atoms with Gasteiger partial charge in [0.15, 0.2) is 0 Å². The van der Waals surface area contributed by atoms with Crippen LogP contribution in [0.1, 0.15) is 25.7 Å². The maximum Gasteiger partial charge on any atom is 0.224 e. The van der Waals surface area contributed by atoms with Crippen LogP contribution < -0.4 is 0 Å². The van der Waals surface area contributed by atoms with Gasteiger partial charge in [0.05, 0.1) is 5.52 Å². The summed E-state index contributed by atoms with van der Waals surface area (Å²) >= 11 is 7.83. The van der Waals surface area contributed by atoms with E-state index in [1.54, 1.807) is 0 Å². The van der Waals surface area contributed by atoms with Crippen molar-refractivity contribution < 1.29 is 0 Å². The Balaban J connectivity index is 2.01. The van der Waals surface area contributed by atoms with E-state index in [9.17, 15) is 0 Å². The summed E-state index contributed by atoms with van der Waals surface area (Å²) in [6.45, 7) is 0. The van der Waals surface area contributed by atoms with Crippen LogP contribution in [0.15, 0.2) is 29.3 Å². The van der Waals surface area contributed by atoms with Gasteiger partial charge in [0.1, 0.15) is 5.03 Å². The van der Waals surface area contributed by atoms with E-state index >= 15 is 0 Å². The van der Waals surface area contributed by atoms with Crippen LogP contribution in [-0.2, 0) is 0 Å². The summed E-state index contributed by atoms with van der Waals surface area (Å²) in [5.74, 6) is 0. The zero-order chi connectivity index (χ0) is 11.7. The minimum atomic E-state index is 0.351. The van der Waals surface area contributed by atoms with Crippen molar-refractivity contribution in [2.24, 2.45) is 0 Å². The van der Waals surface area contributed by atoms with Crippen molar-refractivity contribution in [3.8, 4) is 0 Å². The van der Waals surface area contributed by atoms with Crippen LogP contribution in [0.2, 0.25) is 5.28 Å². The van der Waals surface area contributed by atoms with Crippen molar-refractivity contribution in [1.29, 1.82) is 0 Å². The molecule has 1 aliphatic carbocycles. The lowest BCUT2D eigenvalue weighted by atomic mass is 10.2. The van der Waals surface area contributed by atoms with Gasteiger partial charge in [0.25, 0.3) is 0 Å². The maximum absolute atomic E-state index is 5.97. The van der Waals surface area contributed by atoms with Crippen molar-refractivity contribution in [2.45, 2.75) is 36.0 Å². The van der Waals surface area contributed by atoms with Gasteiger partial charge in [-0.05, 0) is 30.5 Å². The Morgan fingerprint density at radius 3 is 2.71 bits per heavy atom. The highest BCUT2D eigenvalue weighted by molar-refractivity contribution is 8.00. The molecule has 3 rings (SSSR count). The molecular weight excluding hydrogens is 252 g/mol. The highest BCUT2D eigenvalue weighted by atomic mass is 35.5. The molecule has 1 aliphatic rings. The molecule has 1 aromatic heterocycles. The molecule has 0 radical (unpaired) electrons. The SMILES string of the molecule is Clc1nc(SC2CCCC2)c2ccccc2n1. The molecule has 0 N–H and O–H groups in total. The van der Waals surface area contributed by atoms with E-state index in [1.807, 2.05) is 30.0 Å². The highest BCUT2D eigenvalue weighted by Gasteiger charge is 2.18. The second-order valence-corrected chi connectivity index (χ2v) is 5.97. The van der Waals surface area contributed by atoms with Crippen LogP contribution in [0, 0.1) is 0 Å². The standard InChI is InChI=1S/C13H13ClN2S/c14-13-15-11-8-4-3-7-10(11)12(16-13)17-9-5-1-2-6-9/h3-4,7-9H,1-2,5-6H2. The molecular formula is C13H13ClN2S. The first-order valence-electron chi connectivity index (χ1n) is 5.92. The lowest BCUT2D eigenvalue weighted by Crippen LogP contribution is -1.97. The molecule has 1 saturated carbocycles. The average molecular weight is 265 g/mol. The molecule has 4 heteroatoms. The Hall–Kier alpha value is -0.800. The lowest BCUT2D eigenvalue weighted by molar-refractivity contribution is 0.886. The quantitative estimate of drug-likeness (QED) is 0.597. The fourth-order valence-corrected chi connectivity index (χ4v) is 3.82. The fraction of sp³-hybridized carbons (Fsp3) is 0.385. The summed E-state index contributed by atoms with van der Waals surface area (Å²) in [6.07, 6.45) is 5.27. The second kappa shape index (κ2) is 4.83. The lowest BCUT2D eigenvalue weighted by Gasteiger charge is -2.10. The summed E-state index contributed by atoms with van der Waals surface area (Å²) in [5.41, 5.74) is 0.938. The third-order valence-electron chi connectivity index (χ3n) is 3.12. The van der Waals surface area contributed by atoms with Crippen molar-refractivity contribution in [2.75, 3.05) is 0 Å². The first-order valence-corrected chi connectivity index (χ1v) is 7.17. The molecule has 88 valence electrons. The van der Waals surface area contributed by atoms with Crippen LogP contribution in [0.3, 0.4) is 0 Å². The van der Waals surface area contributed by atoms with Crippen LogP contribution >= 0.6 is 23.4 Å². The molecule has 0 spiro atoms. The van der Waals surface area contributed by atoms with Crippen molar-refractivity contribution in [3.05, 3.63) is 29.5 Å². The molecule has 2 aromatic rings.